The molecule has 1 unspecified atom stereocenters. The lowest BCUT2D eigenvalue weighted by Crippen LogP contribution is -2.33. The predicted octanol–water partition coefficient (Wildman–Crippen LogP) is 2.04. The molecule has 0 bridgehead atoms. The van der Waals surface area contributed by atoms with Gasteiger partial charge in [0.25, 0.3) is 0 Å². The van der Waals surface area contributed by atoms with Crippen LogP contribution in [0.1, 0.15) is 44.9 Å². The SMILES string of the molecule is CN(CCCCCCO)CC1CCCCO1. The zero-order valence-corrected chi connectivity index (χ0v) is 10.7. The van der Waals surface area contributed by atoms with Crippen molar-refractivity contribution in [3.05, 3.63) is 0 Å². The Labute approximate surface area is 99.8 Å². The molecule has 96 valence electrons. The summed E-state index contributed by atoms with van der Waals surface area (Å²) in [6.07, 6.45) is 8.85. The first kappa shape index (κ1) is 13.9. The van der Waals surface area contributed by atoms with Crippen LogP contribution in [0.4, 0.5) is 0 Å². The Balaban J connectivity index is 1.95. The van der Waals surface area contributed by atoms with Gasteiger partial charge < -0.3 is 14.7 Å². The fourth-order valence-corrected chi connectivity index (χ4v) is 2.24. The standard InChI is InChI=1S/C13H27NO2/c1-14(9-5-2-3-6-10-15)12-13-8-4-7-11-16-13/h13,15H,2-12H2,1H3. The van der Waals surface area contributed by atoms with E-state index in [2.05, 4.69) is 11.9 Å². The van der Waals surface area contributed by atoms with Gasteiger partial charge in [0.1, 0.15) is 0 Å². The predicted molar refractivity (Wildman–Crippen MR) is 66.6 cm³/mol. The highest BCUT2D eigenvalue weighted by molar-refractivity contribution is 4.67. The van der Waals surface area contributed by atoms with Crippen LogP contribution in [0.2, 0.25) is 0 Å². The van der Waals surface area contributed by atoms with Gasteiger partial charge in [-0.25, -0.2) is 0 Å². The van der Waals surface area contributed by atoms with Gasteiger partial charge in [0.05, 0.1) is 6.10 Å². The summed E-state index contributed by atoms with van der Waals surface area (Å²) in [6, 6.07) is 0. The molecule has 1 aliphatic heterocycles. The van der Waals surface area contributed by atoms with Crippen LogP contribution in [0.5, 0.6) is 0 Å². The third kappa shape index (κ3) is 6.46. The number of unbranched alkanes of at least 4 members (excludes halogenated alkanes) is 3. The van der Waals surface area contributed by atoms with Gasteiger partial charge in [0.2, 0.25) is 0 Å². The number of ether oxygens (including phenoxy) is 1. The zero-order valence-electron chi connectivity index (χ0n) is 10.7. The molecule has 1 rings (SSSR count). The smallest absolute Gasteiger partial charge is 0.0701 e. The fraction of sp³-hybridized carbons (Fsp3) is 1.00. The minimum absolute atomic E-state index is 0.339. The molecule has 0 radical (unpaired) electrons. The maximum absolute atomic E-state index is 8.66. The van der Waals surface area contributed by atoms with E-state index < -0.39 is 0 Å². The molecule has 0 aromatic heterocycles. The Morgan fingerprint density at radius 2 is 2.00 bits per heavy atom. The lowest BCUT2D eigenvalue weighted by molar-refractivity contribution is -0.00161. The van der Waals surface area contributed by atoms with Crippen LogP contribution in [-0.4, -0.2) is 49.5 Å². The van der Waals surface area contributed by atoms with Crippen LogP contribution in [0, 0.1) is 0 Å². The highest BCUT2D eigenvalue weighted by Crippen LogP contribution is 2.13. The molecule has 1 saturated heterocycles. The largest absolute Gasteiger partial charge is 0.396 e. The average Bonchev–Trinajstić information content (AvgIpc) is 2.30. The molecule has 1 fully saturated rings. The zero-order chi connectivity index (χ0) is 11.6. The number of aliphatic hydroxyl groups is 1. The van der Waals surface area contributed by atoms with Gasteiger partial charge in [-0.1, -0.05) is 12.8 Å². The highest BCUT2D eigenvalue weighted by atomic mass is 16.5. The van der Waals surface area contributed by atoms with Crippen molar-refractivity contribution in [3.63, 3.8) is 0 Å². The van der Waals surface area contributed by atoms with E-state index in [1.54, 1.807) is 0 Å². The number of rotatable bonds is 8. The van der Waals surface area contributed by atoms with Crippen LogP contribution in [0.15, 0.2) is 0 Å². The first-order chi connectivity index (χ1) is 7.83. The van der Waals surface area contributed by atoms with Crippen LogP contribution in [0.25, 0.3) is 0 Å². The Morgan fingerprint density at radius 3 is 2.69 bits per heavy atom. The molecule has 3 heteroatoms. The van der Waals surface area contributed by atoms with E-state index in [1.165, 1.54) is 32.1 Å². The number of aliphatic hydroxyl groups excluding tert-OH is 1. The quantitative estimate of drug-likeness (QED) is 0.647. The summed E-state index contributed by atoms with van der Waals surface area (Å²) in [7, 11) is 2.18. The maximum Gasteiger partial charge on any atom is 0.0701 e. The van der Waals surface area contributed by atoms with E-state index in [1.807, 2.05) is 0 Å². The van der Waals surface area contributed by atoms with Crippen molar-refractivity contribution >= 4 is 0 Å². The molecule has 0 saturated carbocycles. The summed E-state index contributed by atoms with van der Waals surface area (Å²) >= 11 is 0. The van der Waals surface area contributed by atoms with E-state index in [-0.39, 0.29) is 0 Å². The number of hydrogen-bond donors (Lipinski definition) is 1. The molecule has 0 amide bonds. The van der Waals surface area contributed by atoms with Crippen LogP contribution < -0.4 is 0 Å². The van der Waals surface area contributed by atoms with E-state index in [0.717, 1.165) is 32.5 Å². The Kier molecular flexibility index (Phi) is 7.81. The normalized spacial score (nSPS) is 21.6. The molecule has 16 heavy (non-hydrogen) atoms. The summed E-state index contributed by atoms with van der Waals surface area (Å²) in [5, 5.41) is 8.66. The van der Waals surface area contributed by atoms with Gasteiger partial charge in [-0.15, -0.1) is 0 Å². The van der Waals surface area contributed by atoms with Crippen molar-refractivity contribution in [3.8, 4) is 0 Å². The van der Waals surface area contributed by atoms with E-state index in [9.17, 15) is 0 Å². The molecule has 0 aliphatic carbocycles. The van der Waals surface area contributed by atoms with Gasteiger partial charge in [-0.2, -0.15) is 0 Å². The van der Waals surface area contributed by atoms with Crippen molar-refractivity contribution in [2.24, 2.45) is 0 Å². The van der Waals surface area contributed by atoms with E-state index in [4.69, 9.17) is 9.84 Å². The van der Waals surface area contributed by atoms with Crippen molar-refractivity contribution < 1.29 is 9.84 Å². The van der Waals surface area contributed by atoms with Gasteiger partial charge in [-0.05, 0) is 45.7 Å². The summed E-state index contributed by atoms with van der Waals surface area (Å²) in [6.45, 7) is 3.53. The summed E-state index contributed by atoms with van der Waals surface area (Å²) in [5.41, 5.74) is 0. The Morgan fingerprint density at radius 1 is 1.19 bits per heavy atom. The maximum atomic E-state index is 8.66. The highest BCUT2D eigenvalue weighted by Gasteiger charge is 2.15. The van der Waals surface area contributed by atoms with Gasteiger partial charge in [0, 0.05) is 19.8 Å². The third-order valence-corrected chi connectivity index (χ3v) is 3.24. The Bertz CT molecular complexity index is 158. The van der Waals surface area contributed by atoms with Crippen LogP contribution >= 0.6 is 0 Å². The van der Waals surface area contributed by atoms with Crippen LogP contribution in [0.3, 0.4) is 0 Å². The second-order valence-electron chi connectivity index (χ2n) is 4.89. The first-order valence-corrected chi connectivity index (χ1v) is 6.74. The molecular weight excluding hydrogens is 202 g/mol. The van der Waals surface area contributed by atoms with E-state index in [0.29, 0.717) is 12.7 Å². The molecule has 1 aliphatic rings. The number of nitrogens with zero attached hydrogens (tertiary/aromatic N) is 1. The van der Waals surface area contributed by atoms with Crippen molar-refractivity contribution in [1.82, 2.24) is 4.90 Å². The second kappa shape index (κ2) is 8.97. The van der Waals surface area contributed by atoms with Crippen LogP contribution in [-0.2, 0) is 4.74 Å². The molecule has 0 aromatic carbocycles. The molecule has 1 N–H and O–H groups in total. The van der Waals surface area contributed by atoms with Crippen molar-refractivity contribution in [2.75, 3.05) is 33.4 Å². The summed E-state index contributed by atoms with van der Waals surface area (Å²) in [5.74, 6) is 0. The third-order valence-electron chi connectivity index (χ3n) is 3.24. The molecule has 3 nitrogen and oxygen atoms in total. The van der Waals surface area contributed by atoms with Gasteiger partial charge in [-0.3, -0.25) is 0 Å². The summed E-state index contributed by atoms with van der Waals surface area (Å²) in [4.78, 5) is 2.38. The molecule has 1 heterocycles. The van der Waals surface area contributed by atoms with Gasteiger partial charge in [0.15, 0.2) is 0 Å². The second-order valence-corrected chi connectivity index (χ2v) is 4.89. The minimum Gasteiger partial charge on any atom is -0.396 e. The molecule has 0 aromatic rings. The van der Waals surface area contributed by atoms with Crippen molar-refractivity contribution in [1.29, 1.82) is 0 Å². The van der Waals surface area contributed by atoms with Gasteiger partial charge >= 0.3 is 0 Å². The molecule has 1 atom stereocenters. The van der Waals surface area contributed by atoms with Crippen molar-refractivity contribution in [2.45, 2.75) is 51.0 Å². The fourth-order valence-electron chi connectivity index (χ4n) is 2.24. The first-order valence-electron chi connectivity index (χ1n) is 6.74. The molecular formula is C13H27NO2. The minimum atomic E-state index is 0.339. The van der Waals surface area contributed by atoms with E-state index >= 15 is 0 Å². The summed E-state index contributed by atoms with van der Waals surface area (Å²) < 4.78 is 5.72. The lowest BCUT2D eigenvalue weighted by Gasteiger charge is -2.27. The topological polar surface area (TPSA) is 32.7 Å². The monoisotopic (exact) mass is 229 g/mol. The number of hydrogen-bond acceptors (Lipinski definition) is 3. The lowest BCUT2D eigenvalue weighted by atomic mass is 10.1. The Hall–Kier alpha value is -0.120. The molecule has 0 spiro atoms. The average molecular weight is 229 g/mol. The number of likely N-dealkylation sites (N-methyl/N-ethyl adjacent to an activating group) is 1.